The monoisotopic (exact) mass is 309 g/mol. The summed E-state index contributed by atoms with van der Waals surface area (Å²) in [7, 11) is -3.51. The van der Waals surface area contributed by atoms with Gasteiger partial charge in [0.25, 0.3) is 5.91 Å². The van der Waals surface area contributed by atoms with E-state index in [4.69, 9.17) is 11.5 Å². The zero-order chi connectivity index (χ0) is 16.4. The Morgan fingerprint density at radius 2 is 1.86 bits per heavy atom. The molecular weight excluding hydrogens is 290 g/mol. The molecular formula is C14H19N3O3S. The van der Waals surface area contributed by atoms with Crippen molar-refractivity contribution in [1.82, 2.24) is 0 Å². The molecule has 0 unspecified atom stereocenters. The Labute approximate surface area is 124 Å². The molecule has 0 spiro atoms. The van der Waals surface area contributed by atoms with Gasteiger partial charge in [0.05, 0.1) is 4.90 Å². The fraction of sp³-hybridized carbons (Fsp3) is 0.286. The summed E-state index contributed by atoms with van der Waals surface area (Å²) in [4.78, 5) is 15.4. The third-order valence-corrected chi connectivity index (χ3v) is 4.13. The van der Waals surface area contributed by atoms with Gasteiger partial charge in [0.2, 0.25) is 0 Å². The Morgan fingerprint density at radius 3 is 2.29 bits per heavy atom. The number of benzene rings is 1. The SMILES string of the molecule is C=C(CC)c1cc(C)c(C(=O)N=C(N)N)cc1S(C)(=O)=O. The van der Waals surface area contributed by atoms with Gasteiger partial charge in [-0.15, -0.1) is 0 Å². The Morgan fingerprint density at radius 1 is 1.29 bits per heavy atom. The number of hydrogen-bond acceptors (Lipinski definition) is 3. The van der Waals surface area contributed by atoms with E-state index >= 15 is 0 Å². The molecule has 0 aliphatic rings. The molecule has 0 aliphatic heterocycles. The van der Waals surface area contributed by atoms with E-state index in [9.17, 15) is 13.2 Å². The van der Waals surface area contributed by atoms with Crippen molar-refractivity contribution in [3.8, 4) is 0 Å². The first-order valence-corrected chi connectivity index (χ1v) is 8.13. The second-order valence-electron chi connectivity index (χ2n) is 4.73. The number of sulfone groups is 1. The predicted octanol–water partition coefficient (Wildman–Crippen LogP) is 1.24. The van der Waals surface area contributed by atoms with Gasteiger partial charge in [0, 0.05) is 11.8 Å². The molecule has 0 aromatic heterocycles. The number of carbonyl (C=O) groups excluding carboxylic acids is 1. The van der Waals surface area contributed by atoms with Crippen LogP contribution in [0, 0.1) is 6.92 Å². The maximum Gasteiger partial charge on any atom is 0.280 e. The summed E-state index contributed by atoms with van der Waals surface area (Å²) in [5, 5.41) is 0. The lowest BCUT2D eigenvalue weighted by atomic mass is 9.99. The van der Waals surface area contributed by atoms with Crippen LogP contribution in [0.5, 0.6) is 0 Å². The van der Waals surface area contributed by atoms with Gasteiger partial charge in [-0.1, -0.05) is 13.5 Å². The van der Waals surface area contributed by atoms with E-state index in [1.165, 1.54) is 6.07 Å². The lowest BCUT2D eigenvalue weighted by Crippen LogP contribution is -2.24. The Bertz CT molecular complexity index is 730. The lowest BCUT2D eigenvalue weighted by Gasteiger charge is -2.13. The van der Waals surface area contributed by atoms with Gasteiger partial charge in [-0.2, -0.15) is 4.99 Å². The van der Waals surface area contributed by atoms with Gasteiger partial charge in [0.1, 0.15) is 0 Å². The second kappa shape index (κ2) is 6.09. The Hall–Kier alpha value is -2.15. The van der Waals surface area contributed by atoms with E-state index in [-0.39, 0.29) is 16.4 Å². The number of carbonyl (C=O) groups is 1. The summed E-state index contributed by atoms with van der Waals surface area (Å²) in [6, 6.07) is 2.92. The largest absolute Gasteiger partial charge is 0.370 e. The number of aliphatic imine (C=N–C) groups is 1. The van der Waals surface area contributed by atoms with E-state index in [0.717, 1.165) is 6.26 Å². The summed E-state index contributed by atoms with van der Waals surface area (Å²) in [6.45, 7) is 7.43. The molecule has 1 amide bonds. The molecule has 6 nitrogen and oxygen atoms in total. The Kier molecular flexibility index (Phi) is 4.90. The van der Waals surface area contributed by atoms with Crippen molar-refractivity contribution in [3.05, 3.63) is 35.4 Å². The maximum absolute atomic E-state index is 11.9. The van der Waals surface area contributed by atoms with E-state index in [0.29, 0.717) is 23.1 Å². The third kappa shape index (κ3) is 3.91. The lowest BCUT2D eigenvalue weighted by molar-refractivity contribution is 0.100. The molecule has 0 bridgehead atoms. The van der Waals surface area contributed by atoms with E-state index in [2.05, 4.69) is 11.6 Å². The number of guanidine groups is 1. The van der Waals surface area contributed by atoms with Gasteiger partial charge in [-0.05, 0) is 42.2 Å². The second-order valence-corrected chi connectivity index (χ2v) is 6.72. The molecule has 1 aromatic rings. The first-order valence-electron chi connectivity index (χ1n) is 6.24. The number of allylic oxidation sites excluding steroid dienone is 1. The van der Waals surface area contributed by atoms with Crippen LogP contribution < -0.4 is 11.5 Å². The van der Waals surface area contributed by atoms with Crippen molar-refractivity contribution in [2.45, 2.75) is 25.2 Å². The van der Waals surface area contributed by atoms with Gasteiger partial charge < -0.3 is 11.5 Å². The summed E-state index contributed by atoms with van der Waals surface area (Å²) in [5.41, 5.74) is 12.3. The van der Waals surface area contributed by atoms with Gasteiger partial charge in [0.15, 0.2) is 15.8 Å². The minimum absolute atomic E-state index is 0.0501. The van der Waals surface area contributed by atoms with Crippen molar-refractivity contribution in [2.24, 2.45) is 16.5 Å². The normalized spacial score (nSPS) is 11.0. The molecule has 4 N–H and O–H groups in total. The number of rotatable bonds is 4. The molecule has 1 rings (SSSR count). The standard InChI is InChI=1S/C14H19N3O3S/c1-5-8(2)10-6-9(3)11(13(18)17-14(15)16)7-12(10)21(4,19)20/h6-7H,2,5H2,1,3-4H3,(H4,15,16,17,18). The zero-order valence-corrected chi connectivity index (χ0v) is 13.1. The number of nitrogens with zero attached hydrogens (tertiary/aromatic N) is 1. The van der Waals surface area contributed by atoms with Crippen LogP contribution in [0.25, 0.3) is 5.57 Å². The van der Waals surface area contributed by atoms with Gasteiger partial charge in [-0.3, -0.25) is 4.79 Å². The zero-order valence-electron chi connectivity index (χ0n) is 12.3. The van der Waals surface area contributed by atoms with Crippen LogP contribution >= 0.6 is 0 Å². The quantitative estimate of drug-likeness (QED) is 0.641. The highest BCUT2D eigenvalue weighted by Gasteiger charge is 2.20. The first-order chi connectivity index (χ1) is 9.57. The molecule has 0 atom stereocenters. The van der Waals surface area contributed by atoms with E-state index < -0.39 is 15.7 Å². The Balaban J connectivity index is 3.64. The minimum Gasteiger partial charge on any atom is -0.370 e. The van der Waals surface area contributed by atoms with E-state index in [1.807, 2.05) is 6.92 Å². The minimum atomic E-state index is -3.51. The molecule has 0 fully saturated rings. The maximum atomic E-state index is 11.9. The van der Waals surface area contributed by atoms with Crippen LogP contribution in [0.2, 0.25) is 0 Å². The topological polar surface area (TPSA) is 116 Å². The first kappa shape index (κ1) is 16.9. The van der Waals surface area contributed by atoms with Crippen molar-refractivity contribution in [1.29, 1.82) is 0 Å². The van der Waals surface area contributed by atoms with Crippen molar-refractivity contribution in [3.63, 3.8) is 0 Å². The van der Waals surface area contributed by atoms with E-state index in [1.54, 1.807) is 13.0 Å². The van der Waals surface area contributed by atoms with Crippen LogP contribution in [0.15, 0.2) is 28.6 Å². The molecule has 0 aliphatic carbocycles. The van der Waals surface area contributed by atoms with Crippen molar-refractivity contribution < 1.29 is 13.2 Å². The highest BCUT2D eigenvalue weighted by molar-refractivity contribution is 7.90. The fourth-order valence-corrected chi connectivity index (χ4v) is 2.80. The van der Waals surface area contributed by atoms with Crippen LogP contribution in [-0.2, 0) is 9.84 Å². The molecule has 0 saturated carbocycles. The average molecular weight is 309 g/mol. The van der Waals surface area contributed by atoms with Crippen molar-refractivity contribution in [2.75, 3.05) is 6.26 Å². The molecule has 0 radical (unpaired) electrons. The molecule has 0 saturated heterocycles. The van der Waals surface area contributed by atoms with Crippen LogP contribution in [0.4, 0.5) is 0 Å². The molecule has 21 heavy (non-hydrogen) atoms. The average Bonchev–Trinajstić information content (AvgIpc) is 2.34. The van der Waals surface area contributed by atoms with Crippen LogP contribution in [-0.4, -0.2) is 26.5 Å². The molecule has 7 heteroatoms. The third-order valence-electron chi connectivity index (χ3n) is 2.99. The highest BCUT2D eigenvalue weighted by Crippen LogP contribution is 2.28. The summed E-state index contributed by atoms with van der Waals surface area (Å²) >= 11 is 0. The van der Waals surface area contributed by atoms with Crippen LogP contribution in [0.1, 0.15) is 34.8 Å². The van der Waals surface area contributed by atoms with Crippen LogP contribution in [0.3, 0.4) is 0 Å². The number of amides is 1. The molecule has 0 heterocycles. The van der Waals surface area contributed by atoms with Gasteiger partial charge in [-0.25, -0.2) is 8.42 Å². The fourth-order valence-electron chi connectivity index (χ4n) is 1.87. The highest BCUT2D eigenvalue weighted by atomic mass is 32.2. The number of aryl methyl sites for hydroxylation is 1. The number of nitrogens with two attached hydrogens (primary N) is 2. The molecule has 1 aromatic carbocycles. The smallest absolute Gasteiger partial charge is 0.280 e. The predicted molar refractivity (Wildman–Crippen MR) is 83.8 cm³/mol. The van der Waals surface area contributed by atoms with Gasteiger partial charge >= 0.3 is 0 Å². The molecule has 114 valence electrons. The summed E-state index contributed by atoms with van der Waals surface area (Å²) < 4.78 is 23.9. The summed E-state index contributed by atoms with van der Waals surface area (Å²) in [6.07, 6.45) is 1.68. The number of hydrogen-bond donors (Lipinski definition) is 2. The summed E-state index contributed by atoms with van der Waals surface area (Å²) in [5.74, 6) is -1.05. The van der Waals surface area contributed by atoms with Crippen molar-refractivity contribution >= 4 is 27.3 Å².